The van der Waals surface area contributed by atoms with E-state index in [2.05, 4.69) is 0 Å². The van der Waals surface area contributed by atoms with Crippen LogP contribution in [0.5, 0.6) is 0 Å². The molecule has 0 heterocycles. The van der Waals surface area contributed by atoms with Crippen LogP contribution >= 0.6 is 23.2 Å². The maximum absolute atomic E-state index is 12.0. The van der Waals surface area contributed by atoms with Gasteiger partial charge in [-0.05, 0) is 30.9 Å². The Morgan fingerprint density at radius 2 is 2.00 bits per heavy atom. The van der Waals surface area contributed by atoms with Crippen LogP contribution in [0.3, 0.4) is 0 Å². The summed E-state index contributed by atoms with van der Waals surface area (Å²) in [7, 11) is 0. The number of carbonyl (C=O) groups excluding carboxylic acids is 1. The molecular formula is C15H20Cl2O2. The van der Waals surface area contributed by atoms with E-state index in [0.29, 0.717) is 12.2 Å². The molecule has 0 fully saturated rings. The summed E-state index contributed by atoms with van der Waals surface area (Å²) < 4.78 is 3.50. The van der Waals surface area contributed by atoms with Crippen molar-refractivity contribution in [3.05, 3.63) is 34.9 Å². The molecule has 1 aromatic rings. The van der Waals surface area contributed by atoms with Gasteiger partial charge in [0, 0.05) is 5.56 Å². The summed E-state index contributed by atoms with van der Waals surface area (Å²) in [5.41, 5.74) is 2.70. The van der Waals surface area contributed by atoms with Gasteiger partial charge in [0.15, 0.2) is 0 Å². The van der Waals surface area contributed by atoms with Crippen molar-refractivity contribution < 1.29 is 9.53 Å². The lowest BCUT2D eigenvalue weighted by Crippen LogP contribution is -2.28. The molecule has 0 N–H and O–H groups in total. The Balaban J connectivity index is 2.99. The van der Waals surface area contributed by atoms with Crippen LogP contribution in [0.1, 0.15) is 43.4 Å². The zero-order valence-electron chi connectivity index (χ0n) is 11.6. The van der Waals surface area contributed by atoms with Gasteiger partial charge in [0.2, 0.25) is 4.33 Å². The van der Waals surface area contributed by atoms with Gasteiger partial charge in [-0.2, -0.15) is 0 Å². The first-order valence-electron chi connectivity index (χ1n) is 6.59. The fraction of sp³-hybridized carbons (Fsp3) is 0.533. The van der Waals surface area contributed by atoms with Crippen molar-refractivity contribution in [1.82, 2.24) is 0 Å². The summed E-state index contributed by atoms with van der Waals surface area (Å²) in [6, 6.07) is 5.62. The number of carbonyl (C=O) groups is 1. The number of esters is 1. The molecule has 106 valence electrons. The second kappa shape index (κ2) is 7.16. The lowest BCUT2D eigenvalue weighted by atomic mass is 9.97. The Bertz CT molecular complexity index is 442. The molecule has 2 nitrogen and oxygen atoms in total. The number of hydrogen-bond donors (Lipinski definition) is 0. The quantitative estimate of drug-likeness (QED) is 0.438. The molecule has 0 aliphatic heterocycles. The largest absolute Gasteiger partial charge is 0.463 e. The summed E-state index contributed by atoms with van der Waals surface area (Å²) in [5, 5.41) is 0. The minimum atomic E-state index is -1.63. The highest BCUT2D eigenvalue weighted by Gasteiger charge is 2.39. The number of alkyl halides is 2. The van der Waals surface area contributed by atoms with Gasteiger partial charge in [0.25, 0.3) is 0 Å². The summed E-state index contributed by atoms with van der Waals surface area (Å²) in [4.78, 5) is 12.0. The molecule has 4 heteroatoms. The molecule has 0 amide bonds. The molecule has 1 aromatic carbocycles. The van der Waals surface area contributed by atoms with Crippen LogP contribution in [0.25, 0.3) is 0 Å². The third kappa shape index (κ3) is 3.87. The molecule has 0 atom stereocenters. The smallest absolute Gasteiger partial charge is 0.347 e. The predicted octanol–water partition coefficient (Wildman–Crippen LogP) is 4.53. The molecule has 0 unspecified atom stereocenters. The van der Waals surface area contributed by atoms with Crippen LogP contribution in [0.15, 0.2) is 18.2 Å². The zero-order chi connectivity index (χ0) is 14.5. The number of halogens is 2. The van der Waals surface area contributed by atoms with Crippen molar-refractivity contribution >= 4 is 29.2 Å². The van der Waals surface area contributed by atoms with E-state index in [1.165, 1.54) is 0 Å². The molecule has 19 heavy (non-hydrogen) atoms. The Hall–Kier alpha value is -0.730. The number of rotatable bonds is 6. The number of ether oxygens (including phenoxy) is 1. The third-order valence-electron chi connectivity index (χ3n) is 3.09. The van der Waals surface area contributed by atoms with Crippen LogP contribution in [0.2, 0.25) is 0 Å². The minimum absolute atomic E-state index is 0.351. The van der Waals surface area contributed by atoms with E-state index in [4.69, 9.17) is 27.9 Å². The molecule has 0 saturated carbocycles. The molecule has 0 aromatic heterocycles. The molecule has 0 radical (unpaired) electrons. The van der Waals surface area contributed by atoms with Gasteiger partial charge >= 0.3 is 5.97 Å². The van der Waals surface area contributed by atoms with E-state index in [-0.39, 0.29) is 0 Å². The average molecular weight is 303 g/mol. The van der Waals surface area contributed by atoms with Gasteiger partial charge in [0.1, 0.15) is 0 Å². The van der Waals surface area contributed by atoms with Gasteiger partial charge in [-0.25, -0.2) is 4.79 Å². The van der Waals surface area contributed by atoms with Gasteiger partial charge in [-0.1, -0.05) is 61.7 Å². The molecule has 1 rings (SSSR count). The van der Waals surface area contributed by atoms with Crippen molar-refractivity contribution in [2.45, 2.75) is 44.4 Å². The first-order valence-corrected chi connectivity index (χ1v) is 7.34. The first kappa shape index (κ1) is 16.3. The fourth-order valence-electron chi connectivity index (χ4n) is 1.98. The van der Waals surface area contributed by atoms with Gasteiger partial charge in [-0.15, -0.1) is 0 Å². The van der Waals surface area contributed by atoms with E-state index >= 15 is 0 Å². The number of aryl methyl sites for hydroxylation is 1. The minimum Gasteiger partial charge on any atom is -0.463 e. The Labute approximate surface area is 125 Å². The zero-order valence-corrected chi connectivity index (χ0v) is 13.1. The topological polar surface area (TPSA) is 26.3 Å². The molecular weight excluding hydrogens is 283 g/mol. The maximum atomic E-state index is 12.0. The van der Waals surface area contributed by atoms with Gasteiger partial charge in [-0.3, -0.25) is 0 Å². The van der Waals surface area contributed by atoms with Crippen LogP contribution in [-0.2, 0) is 20.3 Å². The first-order chi connectivity index (χ1) is 8.95. The Kier molecular flexibility index (Phi) is 6.15. The van der Waals surface area contributed by atoms with Crippen molar-refractivity contribution in [3.8, 4) is 0 Å². The van der Waals surface area contributed by atoms with Crippen molar-refractivity contribution in [1.29, 1.82) is 0 Å². The van der Waals surface area contributed by atoms with Crippen LogP contribution in [-0.4, -0.2) is 12.6 Å². The molecule has 0 bridgehead atoms. The predicted molar refractivity (Wildman–Crippen MR) is 79.8 cm³/mol. The summed E-state index contributed by atoms with van der Waals surface area (Å²) in [6.07, 6.45) is 2.53. The van der Waals surface area contributed by atoms with Crippen molar-refractivity contribution in [2.75, 3.05) is 6.61 Å². The van der Waals surface area contributed by atoms with Gasteiger partial charge < -0.3 is 4.74 Å². The summed E-state index contributed by atoms with van der Waals surface area (Å²) in [5.74, 6) is -0.593. The highest BCUT2D eigenvalue weighted by atomic mass is 35.5. The lowest BCUT2D eigenvalue weighted by Gasteiger charge is -2.22. The molecule has 0 spiro atoms. The molecule has 0 aliphatic rings. The van der Waals surface area contributed by atoms with E-state index in [9.17, 15) is 4.79 Å². The Morgan fingerprint density at radius 1 is 1.32 bits per heavy atom. The Morgan fingerprint density at radius 3 is 2.58 bits per heavy atom. The second-order valence-corrected chi connectivity index (χ2v) is 5.85. The standard InChI is InChI=1S/C15H20Cl2O2/c1-4-6-10-19-14(18)15(16,17)13-9-7-8-11(3)12(13)5-2/h7-9H,4-6,10H2,1-3H3. The lowest BCUT2D eigenvalue weighted by molar-refractivity contribution is -0.144. The van der Waals surface area contributed by atoms with E-state index in [0.717, 1.165) is 30.4 Å². The van der Waals surface area contributed by atoms with E-state index in [1.54, 1.807) is 6.07 Å². The highest BCUT2D eigenvalue weighted by Crippen LogP contribution is 2.38. The number of benzene rings is 1. The SMILES string of the molecule is CCCCOC(=O)C(Cl)(Cl)c1cccc(C)c1CC. The summed E-state index contributed by atoms with van der Waals surface area (Å²) >= 11 is 12.5. The molecule has 0 aliphatic carbocycles. The van der Waals surface area contributed by atoms with Crippen LogP contribution < -0.4 is 0 Å². The van der Waals surface area contributed by atoms with E-state index in [1.807, 2.05) is 32.9 Å². The van der Waals surface area contributed by atoms with Crippen molar-refractivity contribution in [2.24, 2.45) is 0 Å². The normalized spacial score (nSPS) is 11.4. The van der Waals surface area contributed by atoms with Crippen LogP contribution in [0.4, 0.5) is 0 Å². The number of unbranched alkanes of at least 4 members (excludes halogenated alkanes) is 1. The van der Waals surface area contributed by atoms with E-state index < -0.39 is 10.3 Å². The molecule has 0 saturated heterocycles. The third-order valence-corrected chi connectivity index (χ3v) is 3.81. The van der Waals surface area contributed by atoms with Gasteiger partial charge in [0.05, 0.1) is 6.61 Å². The average Bonchev–Trinajstić information content (AvgIpc) is 2.38. The van der Waals surface area contributed by atoms with Crippen LogP contribution in [0, 0.1) is 6.92 Å². The maximum Gasteiger partial charge on any atom is 0.347 e. The summed E-state index contributed by atoms with van der Waals surface area (Å²) in [6.45, 7) is 6.37. The van der Waals surface area contributed by atoms with Crippen molar-refractivity contribution in [3.63, 3.8) is 0 Å². The monoisotopic (exact) mass is 302 g/mol. The highest BCUT2D eigenvalue weighted by molar-refractivity contribution is 6.57. The number of hydrogen-bond acceptors (Lipinski definition) is 2. The fourth-order valence-corrected chi connectivity index (χ4v) is 2.44. The second-order valence-electron chi connectivity index (χ2n) is 4.52.